The summed E-state index contributed by atoms with van der Waals surface area (Å²) < 4.78 is 0. The lowest BCUT2D eigenvalue weighted by Crippen LogP contribution is -2.33. The lowest BCUT2D eigenvalue weighted by molar-refractivity contribution is -0.139. The average molecular weight is 382 g/mol. The molecular formula is C24H31NO3. The molecule has 28 heavy (non-hydrogen) atoms. The molecule has 4 N–H and O–H groups in total. The molecule has 4 heteroatoms. The van der Waals surface area contributed by atoms with E-state index < -0.39 is 18.6 Å². The molecule has 1 atom stereocenters. The molecule has 0 aliphatic rings. The first-order valence-electron chi connectivity index (χ1n) is 8.54. The Morgan fingerprint density at radius 3 is 1.39 bits per heavy atom. The molecule has 0 bridgehead atoms. The van der Waals surface area contributed by atoms with E-state index in [0.717, 1.165) is 5.57 Å². The van der Waals surface area contributed by atoms with Gasteiger partial charge in [-0.05, 0) is 18.1 Å². The molecule has 0 spiro atoms. The molecule has 0 saturated heterocycles. The second kappa shape index (κ2) is 18.6. The molecule has 0 aliphatic carbocycles. The van der Waals surface area contributed by atoms with Gasteiger partial charge in [0.1, 0.15) is 6.04 Å². The van der Waals surface area contributed by atoms with E-state index in [1.54, 1.807) is 6.08 Å². The van der Waals surface area contributed by atoms with Gasteiger partial charge >= 0.3 is 5.97 Å². The number of aliphatic hydroxyl groups is 1. The standard InChI is InChI=1S/2C8H8.C5H8.C3H7NO3/c2*1-2-8-6-4-3-5-7-8;1-4-5(2)3;4-2(1-5)3(6)7/h2*2-7H,1H2;4H,1-2H2,3H3;2,5H,1,4H2,(H,6,7)/t;;;2-/m...0/s1. The number of hydrogen-bond donors (Lipinski definition) is 3. The smallest absolute Gasteiger partial charge is 0.322 e. The van der Waals surface area contributed by atoms with Crippen LogP contribution in [0.1, 0.15) is 18.1 Å². The van der Waals surface area contributed by atoms with Gasteiger partial charge in [0, 0.05) is 0 Å². The summed E-state index contributed by atoms with van der Waals surface area (Å²) in [6, 6.07) is 18.9. The van der Waals surface area contributed by atoms with Gasteiger partial charge in [-0.15, -0.1) is 0 Å². The minimum atomic E-state index is -1.18. The van der Waals surface area contributed by atoms with Gasteiger partial charge in [0.05, 0.1) is 6.61 Å². The molecule has 0 unspecified atom stereocenters. The Kier molecular flexibility index (Phi) is 17.9. The summed E-state index contributed by atoms with van der Waals surface area (Å²) in [7, 11) is 0. The van der Waals surface area contributed by atoms with E-state index in [0.29, 0.717) is 0 Å². The molecule has 0 fully saturated rings. The second-order valence-corrected chi connectivity index (χ2v) is 5.41. The van der Waals surface area contributed by atoms with Crippen LogP contribution in [-0.2, 0) is 4.79 Å². The van der Waals surface area contributed by atoms with Gasteiger partial charge in [-0.3, -0.25) is 4.79 Å². The number of carboxylic acids is 1. The highest BCUT2D eigenvalue weighted by molar-refractivity contribution is 5.73. The third kappa shape index (κ3) is 17.6. The summed E-state index contributed by atoms with van der Waals surface area (Å²) in [6.07, 6.45) is 5.39. The molecule has 0 saturated carbocycles. The minimum absolute atomic E-state index is 0.505. The Labute approximate surface area is 168 Å². The van der Waals surface area contributed by atoms with Gasteiger partial charge < -0.3 is 15.9 Å². The van der Waals surface area contributed by atoms with Gasteiger partial charge in [-0.2, -0.15) is 0 Å². The number of aliphatic hydroxyl groups excluding tert-OH is 1. The van der Waals surface area contributed by atoms with Crippen molar-refractivity contribution in [1.29, 1.82) is 0 Å². The largest absolute Gasteiger partial charge is 0.480 e. The van der Waals surface area contributed by atoms with Gasteiger partial charge in [-0.25, -0.2) is 0 Å². The molecule has 2 aromatic rings. The van der Waals surface area contributed by atoms with E-state index >= 15 is 0 Å². The SMILES string of the molecule is C=CC(=C)C.C=Cc1ccccc1.C=Cc1ccccc1.N[C@@H](CO)C(=O)O. The van der Waals surface area contributed by atoms with Gasteiger partial charge in [0.15, 0.2) is 0 Å². The fourth-order valence-corrected chi connectivity index (χ4v) is 1.26. The summed E-state index contributed by atoms with van der Waals surface area (Å²) in [5.74, 6) is -1.18. The molecule has 0 aromatic heterocycles. The predicted octanol–water partition coefficient (Wildman–Crippen LogP) is 4.80. The first kappa shape index (κ1) is 27.0. The van der Waals surface area contributed by atoms with Crippen LogP contribution in [0.5, 0.6) is 0 Å². The molecule has 150 valence electrons. The summed E-state index contributed by atoms with van der Waals surface area (Å²) in [5.41, 5.74) is 8.13. The van der Waals surface area contributed by atoms with E-state index in [1.165, 1.54) is 11.1 Å². The maximum Gasteiger partial charge on any atom is 0.322 e. The predicted molar refractivity (Wildman–Crippen MR) is 121 cm³/mol. The van der Waals surface area contributed by atoms with Gasteiger partial charge in [-0.1, -0.05) is 111 Å². The normalized spacial score (nSPS) is 9.39. The van der Waals surface area contributed by atoms with Crippen molar-refractivity contribution in [3.05, 3.63) is 110 Å². The van der Waals surface area contributed by atoms with Crippen molar-refractivity contribution in [3.63, 3.8) is 0 Å². The van der Waals surface area contributed by atoms with Crippen LogP contribution in [0.4, 0.5) is 0 Å². The summed E-state index contributed by atoms with van der Waals surface area (Å²) in [6.45, 7) is 15.7. The molecule has 0 heterocycles. The monoisotopic (exact) mass is 381 g/mol. The van der Waals surface area contributed by atoms with Crippen LogP contribution in [0.2, 0.25) is 0 Å². The van der Waals surface area contributed by atoms with Crippen LogP contribution < -0.4 is 5.73 Å². The lowest BCUT2D eigenvalue weighted by Gasteiger charge is -1.96. The topological polar surface area (TPSA) is 83.5 Å². The molecule has 0 amide bonds. The van der Waals surface area contributed by atoms with Crippen molar-refractivity contribution in [1.82, 2.24) is 0 Å². The van der Waals surface area contributed by atoms with E-state index in [1.807, 2.05) is 79.7 Å². The van der Waals surface area contributed by atoms with Gasteiger partial charge in [0.25, 0.3) is 0 Å². The molecule has 0 aliphatic heterocycles. The van der Waals surface area contributed by atoms with E-state index in [4.69, 9.17) is 15.9 Å². The van der Waals surface area contributed by atoms with E-state index in [9.17, 15) is 4.79 Å². The number of hydrogen-bond acceptors (Lipinski definition) is 3. The highest BCUT2D eigenvalue weighted by Crippen LogP contribution is 1.98. The van der Waals surface area contributed by atoms with Crippen LogP contribution in [0.25, 0.3) is 12.2 Å². The van der Waals surface area contributed by atoms with E-state index in [2.05, 4.69) is 26.3 Å². The first-order valence-corrected chi connectivity index (χ1v) is 8.54. The van der Waals surface area contributed by atoms with Crippen molar-refractivity contribution in [2.75, 3.05) is 6.61 Å². The Hall–Kier alpha value is -3.21. The Balaban J connectivity index is 0. The quantitative estimate of drug-likeness (QED) is 0.650. The lowest BCUT2D eigenvalue weighted by atomic mass is 10.2. The summed E-state index contributed by atoms with van der Waals surface area (Å²) in [5, 5.41) is 15.9. The van der Waals surface area contributed by atoms with Gasteiger partial charge in [0.2, 0.25) is 0 Å². The van der Waals surface area contributed by atoms with E-state index in [-0.39, 0.29) is 0 Å². The molecule has 2 aromatic carbocycles. The number of carboxylic acid groups (broad SMARTS) is 1. The van der Waals surface area contributed by atoms with Crippen LogP contribution in [0, 0.1) is 0 Å². The maximum atomic E-state index is 9.65. The highest BCUT2D eigenvalue weighted by atomic mass is 16.4. The molecule has 0 radical (unpaired) electrons. The third-order valence-corrected chi connectivity index (χ3v) is 2.93. The fraction of sp³-hybridized carbons (Fsp3) is 0.125. The Bertz CT molecular complexity index is 651. The van der Waals surface area contributed by atoms with Crippen LogP contribution in [0.3, 0.4) is 0 Å². The zero-order chi connectivity index (χ0) is 21.8. The van der Waals surface area contributed by atoms with Crippen molar-refractivity contribution in [2.45, 2.75) is 13.0 Å². The van der Waals surface area contributed by atoms with Crippen molar-refractivity contribution >= 4 is 18.1 Å². The fourth-order valence-electron chi connectivity index (χ4n) is 1.26. The third-order valence-electron chi connectivity index (χ3n) is 2.93. The number of allylic oxidation sites excluding steroid dienone is 2. The zero-order valence-electron chi connectivity index (χ0n) is 16.5. The summed E-state index contributed by atoms with van der Waals surface area (Å²) in [4.78, 5) is 9.65. The first-order chi connectivity index (χ1) is 13.3. The molecule has 2 rings (SSSR count). The number of aliphatic carboxylic acids is 1. The zero-order valence-corrected chi connectivity index (χ0v) is 16.5. The highest BCUT2D eigenvalue weighted by Gasteiger charge is 2.07. The van der Waals surface area contributed by atoms with Crippen LogP contribution in [0.15, 0.2) is 98.6 Å². The average Bonchev–Trinajstić information content (AvgIpc) is 2.75. The molecule has 4 nitrogen and oxygen atoms in total. The number of carbonyl (C=O) groups is 1. The number of rotatable bonds is 5. The van der Waals surface area contributed by atoms with Crippen molar-refractivity contribution < 1.29 is 15.0 Å². The Morgan fingerprint density at radius 2 is 1.29 bits per heavy atom. The van der Waals surface area contributed by atoms with Crippen molar-refractivity contribution in [2.24, 2.45) is 5.73 Å². The molecular weight excluding hydrogens is 350 g/mol. The summed E-state index contributed by atoms with van der Waals surface area (Å²) >= 11 is 0. The maximum absolute atomic E-state index is 9.65. The van der Waals surface area contributed by atoms with Crippen LogP contribution in [-0.4, -0.2) is 28.8 Å². The number of nitrogens with two attached hydrogens (primary N) is 1. The second-order valence-electron chi connectivity index (χ2n) is 5.41. The van der Waals surface area contributed by atoms with Crippen LogP contribution >= 0.6 is 0 Å². The number of benzene rings is 2. The Morgan fingerprint density at radius 1 is 0.964 bits per heavy atom. The van der Waals surface area contributed by atoms with Crippen molar-refractivity contribution in [3.8, 4) is 0 Å². The minimum Gasteiger partial charge on any atom is -0.480 e.